The van der Waals surface area contributed by atoms with Crippen LogP contribution in [0.5, 0.6) is 23.0 Å². The average molecular weight is 443 g/mol. The molecule has 33 heavy (non-hydrogen) atoms. The molecular formula is C27H25NO5. The third kappa shape index (κ3) is 3.89. The normalized spacial score (nSPS) is 12.9. The summed E-state index contributed by atoms with van der Waals surface area (Å²) >= 11 is 0. The third-order valence-corrected chi connectivity index (χ3v) is 5.67. The summed E-state index contributed by atoms with van der Waals surface area (Å²) in [5.74, 6) is 4.56. The molecule has 0 radical (unpaired) electrons. The first-order valence-electron chi connectivity index (χ1n) is 10.9. The van der Waals surface area contributed by atoms with Gasteiger partial charge in [-0.2, -0.15) is 0 Å². The van der Waals surface area contributed by atoms with Crippen molar-refractivity contribution >= 4 is 16.5 Å². The SMILES string of the molecule is CCOc1ccc(-c2cc(OC)c3c(C)oc(C)c3c(=Nc3ccc4c(c3)OCO4)c2)cc1. The first-order valence-corrected chi connectivity index (χ1v) is 10.9. The minimum atomic E-state index is 0.225. The predicted octanol–water partition coefficient (Wildman–Crippen LogP) is 6.09. The maximum atomic E-state index is 5.99. The van der Waals surface area contributed by atoms with Gasteiger partial charge in [-0.1, -0.05) is 12.1 Å². The maximum Gasteiger partial charge on any atom is 0.231 e. The molecule has 1 aromatic heterocycles. The highest BCUT2D eigenvalue weighted by Crippen LogP contribution is 2.36. The van der Waals surface area contributed by atoms with Gasteiger partial charge in [-0.25, -0.2) is 4.99 Å². The van der Waals surface area contributed by atoms with Crippen molar-refractivity contribution in [2.75, 3.05) is 20.5 Å². The Kier molecular flexibility index (Phi) is 5.42. The molecule has 0 saturated carbocycles. The van der Waals surface area contributed by atoms with Gasteiger partial charge in [0.15, 0.2) is 11.5 Å². The number of furan rings is 1. The van der Waals surface area contributed by atoms with E-state index in [0.717, 1.165) is 61.7 Å². The van der Waals surface area contributed by atoms with Crippen molar-refractivity contribution in [1.29, 1.82) is 0 Å². The molecule has 4 aromatic rings. The van der Waals surface area contributed by atoms with Gasteiger partial charge in [0.1, 0.15) is 23.0 Å². The standard InChI is InChI=1S/C27H25NO5/c1-5-30-21-9-6-18(7-10-21)19-12-22(28-20-8-11-23-24(14-20)32-15-31-23)26-16(2)33-17(3)27(26)25(13-19)29-4/h6-14H,5,15H2,1-4H3. The van der Waals surface area contributed by atoms with Gasteiger partial charge in [-0.15, -0.1) is 0 Å². The Labute approximate surface area is 192 Å². The van der Waals surface area contributed by atoms with Crippen LogP contribution in [0.3, 0.4) is 0 Å². The van der Waals surface area contributed by atoms with Gasteiger partial charge in [0.25, 0.3) is 0 Å². The fraction of sp³-hybridized carbons (Fsp3) is 0.222. The van der Waals surface area contributed by atoms with Crippen LogP contribution in [0.2, 0.25) is 0 Å². The molecule has 0 bridgehead atoms. The maximum absolute atomic E-state index is 5.99. The van der Waals surface area contributed by atoms with Gasteiger partial charge >= 0.3 is 0 Å². The van der Waals surface area contributed by atoms with Crippen LogP contribution in [0.25, 0.3) is 21.9 Å². The van der Waals surface area contributed by atoms with E-state index >= 15 is 0 Å². The van der Waals surface area contributed by atoms with Crippen molar-refractivity contribution in [3.8, 4) is 34.1 Å². The second-order valence-electron chi connectivity index (χ2n) is 7.77. The number of nitrogens with zero attached hydrogens (tertiary/aromatic N) is 1. The van der Waals surface area contributed by atoms with Gasteiger partial charge < -0.3 is 23.4 Å². The number of rotatable bonds is 5. The summed E-state index contributed by atoms with van der Waals surface area (Å²) in [6.45, 7) is 6.72. The van der Waals surface area contributed by atoms with Crippen molar-refractivity contribution in [2.45, 2.75) is 20.8 Å². The molecule has 2 heterocycles. The lowest BCUT2D eigenvalue weighted by atomic mass is 10.1. The number of ether oxygens (including phenoxy) is 4. The van der Waals surface area contributed by atoms with Gasteiger partial charge in [-0.3, -0.25) is 0 Å². The lowest BCUT2D eigenvalue weighted by Gasteiger charge is -2.05. The summed E-state index contributed by atoms with van der Waals surface area (Å²) in [4.78, 5) is 4.99. The smallest absolute Gasteiger partial charge is 0.231 e. The van der Waals surface area contributed by atoms with Gasteiger partial charge in [-0.05, 0) is 68.3 Å². The lowest BCUT2D eigenvalue weighted by molar-refractivity contribution is 0.174. The summed E-state index contributed by atoms with van der Waals surface area (Å²) < 4.78 is 28.4. The molecular weight excluding hydrogens is 418 g/mol. The summed E-state index contributed by atoms with van der Waals surface area (Å²) in [5.41, 5.74) is 2.77. The highest BCUT2D eigenvalue weighted by molar-refractivity contribution is 5.93. The zero-order chi connectivity index (χ0) is 22.9. The van der Waals surface area contributed by atoms with Gasteiger partial charge in [0.2, 0.25) is 6.79 Å². The van der Waals surface area contributed by atoms with E-state index in [1.165, 1.54) is 0 Å². The zero-order valence-corrected chi connectivity index (χ0v) is 19.1. The number of hydrogen-bond donors (Lipinski definition) is 0. The summed E-state index contributed by atoms with van der Waals surface area (Å²) in [6, 6.07) is 17.8. The fourth-order valence-electron chi connectivity index (χ4n) is 4.18. The second kappa shape index (κ2) is 8.54. The van der Waals surface area contributed by atoms with E-state index in [2.05, 4.69) is 6.07 Å². The minimum Gasteiger partial charge on any atom is -0.496 e. The van der Waals surface area contributed by atoms with Crippen LogP contribution in [0.15, 0.2) is 64.0 Å². The molecule has 0 unspecified atom stereocenters. The molecule has 1 aliphatic rings. The van der Waals surface area contributed by atoms with Crippen molar-refractivity contribution in [3.05, 3.63) is 71.5 Å². The third-order valence-electron chi connectivity index (χ3n) is 5.67. The first kappa shape index (κ1) is 20.9. The molecule has 0 saturated heterocycles. The molecule has 0 fully saturated rings. The Balaban J connectivity index is 1.78. The molecule has 0 spiro atoms. The van der Waals surface area contributed by atoms with Crippen LogP contribution in [0.4, 0.5) is 5.69 Å². The van der Waals surface area contributed by atoms with Gasteiger partial charge in [0.05, 0.1) is 35.5 Å². The molecule has 5 rings (SSSR count). The van der Waals surface area contributed by atoms with Crippen LogP contribution in [-0.2, 0) is 0 Å². The van der Waals surface area contributed by atoms with Crippen molar-refractivity contribution < 1.29 is 23.4 Å². The molecule has 0 amide bonds. The second-order valence-corrected chi connectivity index (χ2v) is 7.77. The Morgan fingerprint density at radius 2 is 1.61 bits per heavy atom. The Bertz CT molecular complexity index is 1400. The molecule has 0 atom stereocenters. The zero-order valence-electron chi connectivity index (χ0n) is 19.1. The molecule has 0 N–H and O–H groups in total. The van der Waals surface area contributed by atoms with E-state index in [0.29, 0.717) is 12.4 Å². The van der Waals surface area contributed by atoms with E-state index in [9.17, 15) is 0 Å². The highest BCUT2D eigenvalue weighted by atomic mass is 16.7. The average Bonchev–Trinajstić information content (AvgIpc) is 3.34. The summed E-state index contributed by atoms with van der Waals surface area (Å²) in [7, 11) is 1.67. The molecule has 0 aliphatic carbocycles. The molecule has 6 nitrogen and oxygen atoms in total. The highest BCUT2D eigenvalue weighted by Gasteiger charge is 2.16. The van der Waals surface area contributed by atoms with Crippen LogP contribution in [0.1, 0.15) is 18.4 Å². The number of aryl methyl sites for hydroxylation is 2. The van der Waals surface area contributed by atoms with Crippen LogP contribution < -0.4 is 24.3 Å². The van der Waals surface area contributed by atoms with E-state index in [4.69, 9.17) is 28.4 Å². The molecule has 3 aromatic carbocycles. The number of methoxy groups -OCH3 is 1. The predicted molar refractivity (Wildman–Crippen MR) is 127 cm³/mol. The van der Waals surface area contributed by atoms with Crippen molar-refractivity contribution in [2.24, 2.45) is 4.99 Å². The van der Waals surface area contributed by atoms with Crippen molar-refractivity contribution in [3.63, 3.8) is 0 Å². The van der Waals surface area contributed by atoms with E-state index in [-0.39, 0.29) is 6.79 Å². The topological polar surface area (TPSA) is 62.4 Å². The van der Waals surface area contributed by atoms with Crippen LogP contribution >= 0.6 is 0 Å². The Morgan fingerprint density at radius 3 is 2.36 bits per heavy atom. The summed E-state index contributed by atoms with van der Waals surface area (Å²) in [5, 5.41) is 2.61. The van der Waals surface area contributed by atoms with E-state index in [1.807, 2.05) is 69.3 Å². The fourth-order valence-corrected chi connectivity index (χ4v) is 4.18. The van der Waals surface area contributed by atoms with Crippen molar-refractivity contribution in [1.82, 2.24) is 0 Å². The van der Waals surface area contributed by atoms with Gasteiger partial charge in [0, 0.05) is 6.07 Å². The number of fused-ring (bicyclic) bond motifs is 2. The van der Waals surface area contributed by atoms with E-state index < -0.39 is 0 Å². The largest absolute Gasteiger partial charge is 0.496 e. The quantitative estimate of drug-likeness (QED) is 0.374. The Hall–Kier alpha value is -3.93. The lowest BCUT2D eigenvalue weighted by Crippen LogP contribution is -2.00. The number of hydrogen-bond acceptors (Lipinski definition) is 6. The number of benzene rings is 2. The monoisotopic (exact) mass is 443 g/mol. The van der Waals surface area contributed by atoms with Crippen LogP contribution in [0, 0.1) is 13.8 Å². The minimum absolute atomic E-state index is 0.225. The molecule has 1 aliphatic heterocycles. The Morgan fingerprint density at radius 1 is 0.848 bits per heavy atom. The van der Waals surface area contributed by atoms with Crippen LogP contribution in [-0.4, -0.2) is 20.5 Å². The van der Waals surface area contributed by atoms with E-state index in [1.54, 1.807) is 7.11 Å². The summed E-state index contributed by atoms with van der Waals surface area (Å²) in [6.07, 6.45) is 0. The molecule has 6 heteroatoms. The molecule has 168 valence electrons. The first-order chi connectivity index (χ1) is 16.1.